The lowest BCUT2D eigenvalue weighted by atomic mass is 10.0. The molecular weight excluding hydrogens is 242 g/mol. The van der Waals surface area contributed by atoms with Crippen LogP contribution in [-0.4, -0.2) is 23.3 Å². The van der Waals surface area contributed by atoms with Crippen LogP contribution >= 0.6 is 0 Å². The Kier molecular flexibility index (Phi) is 3.21. The summed E-state index contributed by atoms with van der Waals surface area (Å²) in [6.07, 6.45) is 0. The van der Waals surface area contributed by atoms with E-state index >= 15 is 0 Å². The average molecular weight is 259 g/mol. The molecule has 0 bridgehead atoms. The molecule has 0 amide bonds. The Morgan fingerprint density at radius 3 is 3.11 bits per heavy atom. The standard InChI is InChI=1S/C14H17N3O2/c1-3-15-9(2)14-16-13(17-19-14)11-8-18-12-7-5-4-6-10(11)12/h4-7,9,11,15H,3,8H2,1-2H3. The minimum absolute atomic E-state index is 0.0718. The summed E-state index contributed by atoms with van der Waals surface area (Å²) in [6.45, 7) is 5.51. The second-order valence-corrected chi connectivity index (χ2v) is 4.67. The Bertz CT molecular complexity index is 567. The van der Waals surface area contributed by atoms with Gasteiger partial charge in [0.25, 0.3) is 0 Å². The predicted octanol–water partition coefficient (Wildman–Crippen LogP) is 2.26. The third kappa shape index (κ3) is 2.21. The number of hydrogen-bond acceptors (Lipinski definition) is 5. The molecular formula is C14H17N3O2. The lowest BCUT2D eigenvalue weighted by Gasteiger charge is -2.05. The van der Waals surface area contributed by atoms with Gasteiger partial charge in [-0.25, -0.2) is 0 Å². The predicted molar refractivity (Wildman–Crippen MR) is 70.2 cm³/mol. The SMILES string of the molecule is CCNC(C)c1nc(C2COc3ccccc32)no1. The van der Waals surface area contributed by atoms with Gasteiger partial charge in [-0.2, -0.15) is 4.98 Å². The number of aromatic nitrogens is 2. The number of ether oxygens (including phenoxy) is 1. The number of nitrogens with zero attached hydrogens (tertiary/aromatic N) is 2. The normalized spacial score (nSPS) is 18.9. The molecule has 1 aromatic carbocycles. The van der Waals surface area contributed by atoms with Crippen LogP contribution in [0.5, 0.6) is 5.75 Å². The average Bonchev–Trinajstić information content (AvgIpc) is 3.05. The van der Waals surface area contributed by atoms with Crippen LogP contribution in [0, 0.1) is 0 Å². The van der Waals surface area contributed by atoms with Gasteiger partial charge in [-0.1, -0.05) is 30.3 Å². The molecule has 0 fully saturated rings. The van der Waals surface area contributed by atoms with Crippen LogP contribution in [-0.2, 0) is 0 Å². The molecule has 0 spiro atoms. The summed E-state index contributed by atoms with van der Waals surface area (Å²) >= 11 is 0. The maximum atomic E-state index is 5.65. The van der Waals surface area contributed by atoms with Crippen LogP contribution in [0.2, 0.25) is 0 Å². The number of para-hydroxylation sites is 1. The van der Waals surface area contributed by atoms with Crippen molar-refractivity contribution in [1.82, 2.24) is 15.5 Å². The van der Waals surface area contributed by atoms with Crippen LogP contribution in [0.25, 0.3) is 0 Å². The maximum absolute atomic E-state index is 5.65. The number of rotatable bonds is 4. The zero-order valence-electron chi connectivity index (χ0n) is 11.1. The van der Waals surface area contributed by atoms with Gasteiger partial charge < -0.3 is 14.6 Å². The van der Waals surface area contributed by atoms with Crippen molar-refractivity contribution in [3.8, 4) is 5.75 Å². The van der Waals surface area contributed by atoms with Crippen molar-refractivity contribution < 1.29 is 9.26 Å². The molecule has 2 unspecified atom stereocenters. The van der Waals surface area contributed by atoms with Crippen molar-refractivity contribution in [1.29, 1.82) is 0 Å². The smallest absolute Gasteiger partial charge is 0.243 e. The quantitative estimate of drug-likeness (QED) is 0.912. The fraction of sp³-hybridized carbons (Fsp3) is 0.429. The third-order valence-corrected chi connectivity index (χ3v) is 3.35. The van der Waals surface area contributed by atoms with Gasteiger partial charge in [0.05, 0.1) is 12.0 Å². The molecule has 2 atom stereocenters. The Labute approximate surface area is 112 Å². The van der Waals surface area contributed by atoms with E-state index in [1.807, 2.05) is 25.1 Å². The zero-order chi connectivity index (χ0) is 13.2. The van der Waals surface area contributed by atoms with Gasteiger partial charge in [-0.3, -0.25) is 0 Å². The van der Waals surface area contributed by atoms with Crippen LogP contribution in [0.4, 0.5) is 0 Å². The van der Waals surface area contributed by atoms with E-state index in [9.17, 15) is 0 Å². The second kappa shape index (κ2) is 5.01. The number of benzene rings is 1. The molecule has 0 aliphatic carbocycles. The van der Waals surface area contributed by atoms with Gasteiger partial charge >= 0.3 is 0 Å². The topological polar surface area (TPSA) is 60.2 Å². The first-order chi connectivity index (χ1) is 9.29. The Balaban J connectivity index is 1.85. The number of fused-ring (bicyclic) bond motifs is 1. The highest BCUT2D eigenvalue weighted by Gasteiger charge is 2.29. The second-order valence-electron chi connectivity index (χ2n) is 4.67. The molecule has 5 heteroatoms. The highest BCUT2D eigenvalue weighted by molar-refractivity contribution is 5.42. The van der Waals surface area contributed by atoms with E-state index in [2.05, 4.69) is 28.4 Å². The summed E-state index contributed by atoms with van der Waals surface area (Å²) in [7, 11) is 0. The summed E-state index contributed by atoms with van der Waals surface area (Å²) in [4.78, 5) is 4.49. The zero-order valence-corrected chi connectivity index (χ0v) is 11.1. The number of hydrogen-bond donors (Lipinski definition) is 1. The molecule has 0 saturated heterocycles. The molecule has 1 N–H and O–H groups in total. The van der Waals surface area contributed by atoms with E-state index in [4.69, 9.17) is 9.26 Å². The van der Waals surface area contributed by atoms with E-state index in [0.717, 1.165) is 17.9 Å². The highest BCUT2D eigenvalue weighted by atomic mass is 16.5. The van der Waals surface area contributed by atoms with Crippen molar-refractivity contribution in [3.05, 3.63) is 41.5 Å². The van der Waals surface area contributed by atoms with Crippen LogP contribution in [0.3, 0.4) is 0 Å². The van der Waals surface area contributed by atoms with Crippen molar-refractivity contribution in [2.24, 2.45) is 0 Å². The molecule has 1 aliphatic rings. The Morgan fingerprint density at radius 1 is 1.42 bits per heavy atom. The first-order valence-corrected chi connectivity index (χ1v) is 6.58. The van der Waals surface area contributed by atoms with Gasteiger partial charge in [0, 0.05) is 5.56 Å². The monoisotopic (exact) mass is 259 g/mol. The van der Waals surface area contributed by atoms with E-state index < -0.39 is 0 Å². The Hall–Kier alpha value is -1.88. The van der Waals surface area contributed by atoms with Crippen LogP contribution in [0.1, 0.15) is 43.1 Å². The summed E-state index contributed by atoms with van der Waals surface area (Å²) in [5.41, 5.74) is 1.13. The molecule has 3 rings (SSSR count). The van der Waals surface area contributed by atoms with Crippen molar-refractivity contribution in [3.63, 3.8) is 0 Å². The highest BCUT2D eigenvalue weighted by Crippen LogP contribution is 2.36. The molecule has 1 aliphatic heterocycles. The molecule has 5 nitrogen and oxygen atoms in total. The van der Waals surface area contributed by atoms with Gasteiger partial charge in [0.15, 0.2) is 5.82 Å². The first-order valence-electron chi connectivity index (χ1n) is 6.58. The Morgan fingerprint density at radius 2 is 2.26 bits per heavy atom. The third-order valence-electron chi connectivity index (χ3n) is 3.35. The van der Waals surface area contributed by atoms with E-state index in [-0.39, 0.29) is 12.0 Å². The number of nitrogens with one attached hydrogen (secondary N) is 1. The maximum Gasteiger partial charge on any atom is 0.243 e. The minimum Gasteiger partial charge on any atom is -0.492 e. The van der Waals surface area contributed by atoms with Gasteiger partial charge in [-0.15, -0.1) is 0 Å². The van der Waals surface area contributed by atoms with Gasteiger partial charge in [0.2, 0.25) is 5.89 Å². The van der Waals surface area contributed by atoms with Crippen molar-refractivity contribution in [2.45, 2.75) is 25.8 Å². The lowest BCUT2D eigenvalue weighted by molar-refractivity contribution is 0.323. The van der Waals surface area contributed by atoms with E-state index in [1.165, 1.54) is 0 Å². The molecule has 1 aromatic heterocycles. The van der Waals surface area contributed by atoms with Crippen LogP contribution in [0.15, 0.2) is 28.8 Å². The van der Waals surface area contributed by atoms with Gasteiger partial charge in [0.1, 0.15) is 12.4 Å². The fourth-order valence-electron chi connectivity index (χ4n) is 2.33. The molecule has 100 valence electrons. The van der Waals surface area contributed by atoms with E-state index in [1.54, 1.807) is 0 Å². The summed E-state index contributed by atoms with van der Waals surface area (Å²) in [5, 5.41) is 7.35. The van der Waals surface area contributed by atoms with Gasteiger partial charge in [-0.05, 0) is 19.5 Å². The fourth-order valence-corrected chi connectivity index (χ4v) is 2.33. The molecule has 0 saturated carbocycles. The molecule has 19 heavy (non-hydrogen) atoms. The van der Waals surface area contributed by atoms with Crippen molar-refractivity contribution >= 4 is 0 Å². The van der Waals surface area contributed by atoms with Crippen LogP contribution < -0.4 is 10.1 Å². The summed E-state index contributed by atoms with van der Waals surface area (Å²) < 4.78 is 11.0. The molecule has 2 heterocycles. The largest absolute Gasteiger partial charge is 0.492 e. The van der Waals surface area contributed by atoms with E-state index in [0.29, 0.717) is 18.3 Å². The minimum atomic E-state index is 0.0718. The first kappa shape index (κ1) is 12.2. The summed E-state index contributed by atoms with van der Waals surface area (Å²) in [5.74, 6) is 2.31. The summed E-state index contributed by atoms with van der Waals surface area (Å²) in [6, 6.07) is 8.07. The lowest BCUT2D eigenvalue weighted by Crippen LogP contribution is -2.18. The molecule has 2 aromatic rings. The molecule has 0 radical (unpaired) electrons. The van der Waals surface area contributed by atoms with Crippen molar-refractivity contribution in [2.75, 3.05) is 13.2 Å².